The van der Waals surface area contributed by atoms with Crippen molar-refractivity contribution in [3.05, 3.63) is 55.9 Å². The monoisotopic (exact) mass is 485 g/mol. The maximum absolute atomic E-state index is 13.0. The summed E-state index contributed by atoms with van der Waals surface area (Å²) in [7, 11) is -4.12. The maximum Gasteiger partial charge on any atom is 0.264 e. The van der Waals surface area contributed by atoms with Gasteiger partial charge < -0.3 is 0 Å². The minimum atomic E-state index is -4.12. The Morgan fingerprint density at radius 3 is 2.20 bits per heavy atom. The van der Waals surface area contributed by atoms with Crippen molar-refractivity contribution in [2.75, 3.05) is 10.8 Å². The number of anilines is 1. The summed E-state index contributed by atoms with van der Waals surface area (Å²) in [5.41, 5.74) is 1.89. The van der Waals surface area contributed by atoms with Crippen LogP contribution in [-0.4, -0.2) is 20.9 Å². The van der Waals surface area contributed by atoms with Crippen molar-refractivity contribution in [1.29, 1.82) is 0 Å². The summed E-state index contributed by atoms with van der Waals surface area (Å²) in [6.45, 7) is -0.591. The molecule has 0 saturated carbocycles. The minimum Gasteiger partial charge on any atom is -0.293 e. The lowest BCUT2D eigenvalue weighted by Crippen LogP contribution is -2.43. The number of nitrogens with two attached hydrogens (primary N) is 1. The van der Waals surface area contributed by atoms with Crippen molar-refractivity contribution in [1.82, 2.24) is 5.43 Å². The summed E-state index contributed by atoms with van der Waals surface area (Å²) < 4.78 is 27.5. The van der Waals surface area contributed by atoms with E-state index in [0.717, 1.165) is 4.31 Å². The first-order valence-electron chi connectivity index (χ1n) is 6.59. The SMILES string of the molecule is NNC(=O)CN(c1cc(Cl)c(Cl)cc1Cl)S(=O)(=O)c1ccc(Br)cc1. The van der Waals surface area contributed by atoms with Crippen LogP contribution >= 0.6 is 50.7 Å². The van der Waals surface area contributed by atoms with Gasteiger partial charge in [0.05, 0.1) is 25.7 Å². The van der Waals surface area contributed by atoms with Crippen molar-refractivity contribution in [3.63, 3.8) is 0 Å². The molecule has 2 aromatic rings. The summed E-state index contributed by atoms with van der Waals surface area (Å²) in [6, 6.07) is 8.46. The van der Waals surface area contributed by atoms with Crippen molar-refractivity contribution in [2.45, 2.75) is 4.90 Å². The summed E-state index contributed by atoms with van der Waals surface area (Å²) in [6.07, 6.45) is 0. The number of amides is 1. The van der Waals surface area contributed by atoms with Gasteiger partial charge in [0.2, 0.25) is 0 Å². The molecule has 25 heavy (non-hydrogen) atoms. The number of benzene rings is 2. The number of rotatable bonds is 5. The second-order valence-corrected chi connectivity index (χ2v) is 8.75. The molecule has 0 aliphatic rings. The standard InChI is InChI=1S/C14H11BrCl3N3O3S/c15-8-1-3-9(4-2-8)25(23,24)21(7-14(22)20-19)13-6-11(17)10(16)5-12(13)18/h1-6H,7,19H2,(H,20,22). The molecule has 0 unspecified atom stereocenters. The van der Waals surface area contributed by atoms with Crippen LogP contribution in [0.1, 0.15) is 0 Å². The second kappa shape index (κ2) is 8.11. The fourth-order valence-electron chi connectivity index (χ4n) is 1.91. The highest BCUT2D eigenvalue weighted by Crippen LogP contribution is 2.37. The average molecular weight is 488 g/mol. The van der Waals surface area contributed by atoms with Crippen LogP contribution in [0.25, 0.3) is 0 Å². The van der Waals surface area contributed by atoms with E-state index < -0.39 is 22.5 Å². The molecule has 0 spiro atoms. The van der Waals surface area contributed by atoms with Gasteiger partial charge in [0, 0.05) is 4.47 Å². The van der Waals surface area contributed by atoms with Gasteiger partial charge in [-0.2, -0.15) is 0 Å². The molecular formula is C14H11BrCl3N3O3S. The lowest BCUT2D eigenvalue weighted by atomic mass is 10.3. The topological polar surface area (TPSA) is 92.5 Å². The van der Waals surface area contributed by atoms with E-state index in [9.17, 15) is 13.2 Å². The molecule has 0 fully saturated rings. The first kappa shape index (κ1) is 20.3. The predicted molar refractivity (Wildman–Crippen MR) is 102 cm³/mol. The van der Waals surface area contributed by atoms with Crippen LogP contribution in [0.4, 0.5) is 5.69 Å². The summed E-state index contributed by atoms with van der Waals surface area (Å²) in [5, 5.41) is 0.254. The van der Waals surface area contributed by atoms with Crippen LogP contribution in [0.15, 0.2) is 45.8 Å². The molecule has 0 saturated heterocycles. The molecule has 134 valence electrons. The first-order chi connectivity index (χ1) is 11.7. The molecular weight excluding hydrogens is 477 g/mol. The van der Waals surface area contributed by atoms with Gasteiger partial charge in [-0.25, -0.2) is 14.3 Å². The Labute approximate surface area is 168 Å². The number of carbonyl (C=O) groups is 1. The lowest BCUT2D eigenvalue weighted by Gasteiger charge is -2.25. The highest BCUT2D eigenvalue weighted by molar-refractivity contribution is 9.10. The number of nitrogens with zero attached hydrogens (tertiary/aromatic N) is 1. The van der Waals surface area contributed by atoms with Crippen molar-refractivity contribution in [3.8, 4) is 0 Å². The number of nitrogens with one attached hydrogen (secondary N) is 1. The molecule has 0 atom stereocenters. The maximum atomic E-state index is 13.0. The van der Waals surface area contributed by atoms with Crippen molar-refractivity contribution >= 4 is 72.4 Å². The van der Waals surface area contributed by atoms with Gasteiger partial charge in [-0.15, -0.1) is 0 Å². The quantitative estimate of drug-likeness (QED) is 0.292. The van der Waals surface area contributed by atoms with Crippen LogP contribution in [-0.2, 0) is 14.8 Å². The Morgan fingerprint density at radius 2 is 1.64 bits per heavy atom. The molecule has 0 heterocycles. The zero-order valence-corrected chi connectivity index (χ0v) is 17.0. The fourth-order valence-corrected chi connectivity index (χ4v) is 4.30. The van der Waals surface area contributed by atoms with Gasteiger partial charge in [-0.1, -0.05) is 50.7 Å². The number of hydrogen-bond acceptors (Lipinski definition) is 4. The molecule has 0 aliphatic heterocycles. The van der Waals surface area contributed by atoms with Gasteiger partial charge in [-0.05, 0) is 36.4 Å². The summed E-state index contributed by atoms with van der Waals surface area (Å²) in [5.74, 6) is 4.35. The Morgan fingerprint density at radius 1 is 1.08 bits per heavy atom. The van der Waals surface area contributed by atoms with Crippen LogP contribution in [0.5, 0.6) is 0 Å². The fraction of sp³-hybridized carbons (Fsp3) is 0.0714. The Balaban J connectivity index is 2.62. The zero-order chi connectivity index (χ0) is 18.8. The van der Waals surface area contributed by atoms with Crippen LogP contribution < -0.4 is 15.6 Å². The molecule has 11 heteroatoms. The third kappa shape index (κ3) is 4.58. The highest BCUT2D eigenvalue weighted by Gasteiger charge is 2.29. The largest absolute Gasteiger partial charge is 0.293 e. The van der Waals surface area contributed by atoms with E-state index in [1.54, 1.807) is 12.1 Å². The van der Waals surface area contributed by atoms with Gasteiger partial charge >= 0.3 is 0 Å². The molecule has 3 N–H and O–H groups in total. The van der Waals surface area contributed by atoms with Crippen molar-refractivity contribution in [2.24, 2.45) is 5.84 Å². The number of halogens is 4. The smallest absolute Gasteiger partial charge is 0.264 e. The molecule has 2 aromatic carbocycles. The number of sulfonamides is 1. The zero-order valence-electron chi connectivity index (χ0n) is 12.3. The second-order valence-electron chi connectivity index (χ2n) is 4.75. The summed E-state index contributed by atoms with van der Waals surface area (Å²) >= 11 is 21.2. The lowest BCUT2D eigenvalue weighted by molar-refractivity contribution is -0.119. The number of hydrogen-bond donors (Lipinski definition) is 2. The van der Waals surface area contributed by atoms with Crippen LogP contribution in [0.2, 0.25) is 15.1 Å². The van der Waals surface area contributed by atoms with E-state index in [-0.39, 0.29) is 25.7 Å². The van der Waals surface area contributed by atoms with E-state index >= 15 is 0 Å². The van der Waals surface area contributed by atoms with E-state index in [4.69, 9.17) is 40.6 Å². The molecule has 0 bridgehead atoms. The highest BCUT2D eigenvalue weighted by atomic mass is 79.9. The van der Waals surface area contributed by atoms with E-state index in [1.807, 2.05) is 5.43 Å². The van der Waals surface area contributed by atoms with Crippen LogP contribution in [0.3, 0.4) is 0 Å². The van der Waals surface area contributed by atoms with Gasteiger partial charge in [0.1, 0.15) is 6.54 Å². The molecule has 0 radical (unpaired) electrons. The predicted octanol–water partition coefficient (Wildman–Crippen LogP) is 3.59. The van der Waals surface area contributed by atoms with E-state index in [0.29, 0.717) is 4.47 Å². The molecule has 6 nitrogen and oxygen atoms in total. The molecule has 0 aliphatic carbocycles. The number of hydrazine groups is 1. The Kier molecular flexibility index (Phi) is 6.58. The van der Waals surface area contributed by atoms with Gasteiger partial charge in [0.25, 0.3) is 15.9 Å². The average Bonchev–Trinajstić information content (AvgIpc) is 2.56. The van der Waals surface area contributed by atoms with Crippen molar-refractivity contribution < 1.29 is 13.2 Å². The third-order valence-corrected chi connectivity index (χ3v) is 6.44. The van der Waals surface area contributed by atoms with Crippen LogP contribution in [0, 0.1) is 0 Å². The van der Waals surface area contributed by atoms with Gasteiger partial charge in [0.15, 0.2) is 0 Å². The molecule has 1 amide bonds. The molecule has 2 rings (SSSR count). The third-order valence-electron chi connectivity index (χ3n) is 3.11. The van der Waals surface area contributed by atoms with Gasteiger partial charge in [-0.3, -0.25) is 14.5 Å². The molecule has 0 aromatic heterocycles. The van der Waals surface area contributed by atoms with E-state index in [1.165, 1.54) is 24.3 Å². The summed E-state index contributed by atoms with van der Waals surface area (Å²) in [4.78, 5) is 11.7. The Bertz CT molecular complexity index is 908. The first-order valence-corrected chi connectivity index (χ1v) is 9.96. The Hall–Kier alpha value is -1.03. The van der Waals surface area contributed by atoms with E-state index in [2.05, 4.69) is 15.9 Å². The normalized spacial score (nSPS) is 11.2. The minimum absolute atomic E-state index is 0.00239. The number of carbonyl (C=O) groups excluding carboxylic acids is 1.